The van der Waals surface area contributed by atoms with Gasteiger partial charge in [0.2, 0.25) is 0 Å². The van der Waals surface area contributed by atoms with Crippen LogP contribution in [0.5, 0.6) is 5.75 Å². The Balaban J connectivity index is 1.57. The van der Waals surface area contributed by atoms with Crippen molar-refractivity contribution in [3.8, 4) is 5.75 Å². The number of likely N-dealkylation sites (N-methyl/N-ethyl adjacent to an activating group) is 2. The van der Waals surface area contributed by atoms with Crippen molar-refractivity contribution in [3.63, 3.8) is 0 Å². The van der Waals surface area contributed by atoms with E-state index in [-0.39, 0.29) is 0 Å². The summed E-state index contributed by atoms with van der Waals surface area (Å²) in [7, 11) is 4.30. The summed E-state index contributed by atoms with van der Waals surface area (Å²) in [5.41, 5.74) is 0.986. The normalized spacial score (nSPS) is 25.8. The molecule has 1 aliphatic heterocycles. The predicted octanol–water partition coefficient (Wildman–Crippen LogP) is 1.90. The van der Waals surface area contributed by atoms with Crippen LogP contribution < -0.4 is 4.74 Å². The zero-order valence-electron chi connectivity index (χ0n) is 13.0. The molecule has 1 heterocycles. The lowest BCUT2D eigenvalue weighted by Gasteiger charge is -2.38. The Hall–Kier alpha value is -1.10. The lowest BCUT2D eigenvalue weighted by Crippen LogP contribution is -2.50. The van der Waals surface area contributed by atoms with E-state index in [1.165, 1.54) is 12.8 Å². The van der Waals surface area contributed by atoms with E-state index in [1.54, 1.807) is 0 Å². The molecular formula is C17H26N2O2. The number of ether oxygens (including phenoxy) is 1. The summed E-state index contributed by atoms with van der Waals surface area (Å²) in [5, 5.41) is 10.5. The summed E-state index contributed by atoms with van der Waals surface area (Å²) in [6, 6.07) is 8.37. The molecule has 21 heavy (non-hydrogen) atoms. The standard InChI is InChI=1S/C17H26N2O2/c1-18-9-10-19(2)14(12-18)11-17(20)13-3-5-15(6-4-13)21-16-7-8-16/h3-6,14,16-17,20H,7-12H2,1-2H3. The van der Waals surface area contributed by atoms with Crippen molar-refractivity contribution < 1.29 is 9.84 Å². The molecular weight excluding hydrogens is 264 g/mol. The molecule has 1 saturated carbocycles. The molecule has 2 aliphatic rings. The van der Waals surface area contributed by atoms with Crippen LogP contribution in [0.3, 0.4) is 0 Å². The second kappa shape index (κ2) is 6.34. The highest BCUT2D eigenvalue weighted by Gasteiger charge is 2.26. The minimum absolute atomic E-state index is 0.404. The number of benzene rings is 1. The van der Waals surface area contributed by atoms with Gasteiger partial charge in [0.25, 0.3) is 0 Å². The number of nitrogens with zero attached hydrogens (tertiary/aromatic N) is 2. The van der Waals surface area contributed by atoms with Gasteiger partial charge >= 0.3 is 0 Å². The van der Waals surface area contributed by atoms with Gasteiger partial charge < -0.3 is 19.6 Å². The molecule has 1 aromatic carbocycles. The molecule has 0 amide bonds. The number of rotatable bonds is 5. The molecule has 2 unspecified atom stereocenters. The third-order valence-corrected chi connectivity index (χ3v) is 4.57. The zero-order chi connectivity index (χ0) is 14.8. The first kappa shape index (κ1) is 14.8. The van der Waals surface area contributed by atoms with E-state index >= 15 is 0 Å². The van der Waals surface area contributed by atoms with Gasteiger partial charge in [-0.3, -0.25) is 0 Å². The highest BCUT2D eigenvalue weighted by atomic mass is 16.5. The molecule has 4 heteroatoms. The minimum Gasteiger partial charge on any atom is -0.490 e. The third-order valence-electron chi connectivity index (χ3n) is 4.57. The smallest absolute Gasteiger partial charge is 0.119 e. The quantitative estimate of drug-likeness (QED) is 0.898. The number of hydrogen-bond acceptors (Lipinski definition) is 4. The summed E-state index contributed by atoms with van der Waals surface area (Å²) < 4.78 is 5.74. The SMILES string of the molecule is CN1CCN(C)C(CC(O)c2ccc(OC3CC3)cc2)C1. The Morgan fingerprint density at radius 1 is 1.19 bits per heavy atom. The van der Waals surface area contributed by atoms with E-state index in [0.717, 1.165) is 37.4 Å². The zero-order valence-corrected chi connectivity index (χ0v) is 13.0. The second-order valence-electron chi connectivity index (χ2n) is 6.53. The van der Waals surface area contributed by atoms with Gasteiger partial charge in [-0.15, -0.1) is 0 Å². The number of hydrogen-bond donors (Lipinski definition) is 1. The lowest BCUT2D eigenvalue weighted by atomic mass is 9.99. The first-order valence-electron chi connectivity index (χ1n) is 7.95. The van der Waals surface area contributed by atoms with Gasteiger partial charge in [0.05, 0.1) is 12.2 Å². The maximum atomic E-state index is 10.5. The summed E-state index contributed by atoms with van der Waals surface area (Å²) in [6.07, 6.45) is 3.15. The van der Waals surface area contributed by atoms with Crippen LogP contribution in [0.4, 0.5) is 0 Å². The highest BCUT2D eigenvalue weighted by molar-refractivity contribution is 5.29. The van der Waals surface area contributed by atoms with Crippen LogP contribution in [0.15, 0.2) is 24.3 Å². The fourth-order valence-corrected chi connectivity index (χ4v) is 2.90. The number of aliphatic hydroxyl groups is 1. The molecule has 3 rings (SSSR count). The molecule has 0 spiro atoms. The molecule has 0 bridgehead atoms. The van der Waals surface area contributed by atoms with Crippen molar-refractivity contribution in [1.29, 1.82) is 0 Å². The van der Waals surface area contributed by atoms with Crippen LogP contribution >= 0.6 is 0 Å². The Morgan fingerprint density at radius 2 is 1.90 bits per heavy atom. The van der Waals surface area contributed by atoms with Crippen molar-refractivity contribution in [2.45, 2.75) is 37.5 Å². The van der Waals surface area contributed by atoms with Gasteiger partial charge in [-0.1, -0.05) is 12.1 Å². The molecule has 0 radical (unpaired) electrons. The maximum absolute atomic E-state index is 10.5. The number of aliphatic hydroxyl groups excluding tert-OH is 1. The Labute approximate surface area is 127 Å². The summed E-state index contributed by atoms with van der Waals surface area (Å²) >= 11 is 0. The van der Waals surface area contributed by atoms with Crippen molar-refractivity contribution in [2.75, 3.05) is 33.7 Å². The Bertz CT molecular complexity index is 458. The van der Waals surface area contributed by atoms with Crippen LogP contribution in [-0.4, -0.2) is 60.8 Å². The predicted molar refractivity (Wildman–Crippen MR) is 83.6 cm³/mol. The largest absolute Gasteiger partial charge is 0.490 e. The first-order chi connectivity index (χ1) is 10.1. The molecule has 0 aromatic heterocycles. The van der Waals surface area contributed by atoms with E-state index in [0.29, 0.717) is 12.1 Å². The van der Waals surface area contributed by atoms with Gasteiger partial charge in [-0.05, 0) is 51.1 Å². The Morgan fingerprint density at radius 3 is 2.57 bits per heavy atom. The molecule has 2 fully saturated rings. The molecule has 116 valence electrons. The van der Waals surface area contributed by atoms with Crippen LogP contribution in [0.25, 0.3) is 0 Å². The monoisotopic (exact) mass is 290 g/mol. The first-order valence-corrected chi connectivity index (χ1v) is 7.95. The second-order valence-corrected chi connectivity index (χ2v) is 6.53. The van der Waals surface area contributed by atoms with E-state index < -0.39 is 6.10 Å². The fraction of sp³-hybridized carbons (Fsp3) is 0.647. The van der Waals surface area contributed by atoms with Crippen molar-refractivity contribution in [2.24, 2.45) is 0 Å². The van der Waals surface area contributed by atoms with E-state index in [4.69, 9.17) is 4.74 Å². The lowest BCUT2D eigenvalue weighted by molar-refractivity contribution is 0.0634. The highest BCUT2D eigenvalue weighted by Crippen LogP contribution is 2.28. The van der Waals surface area contributed by atoms with E-state index in [1.807, 2.05) is 24.3 Å². The maximum Gasteiger partial charge on any atom is 0.119 e. The fourth-order valence-electron chi connectivity index (χ4n) is 2.90. The topological polar surface area (TPSA) is 35.9 Å². The van der Waals surface area contributed by atoms with Crippen molar-refractivity contribution in [1.82, 2.24) is 9.80 Å². The average Bonchev–Trinajstić information content (AvgIpc) is 3.27. The van der Waals surface area contributed by atoms with Gasteiger partial charge in [0.1, 0.15) is 5.75 Å². The van der Waals surface area contributed by atoms with Crippen molar-refractivity contribution >= 4 is 0 Å². The summed E-state index contributed by atoms with van der Waals surface area (Å²) in [5.74, 6) is 0.919. The van der Waals surface area contributed by atoms with Gasteiger partial charge in [-0.25, -0.2) is 0 Å². The molecule has 1 aromatic rings. The van der Waals surface area contributed by atoms with E-state index in [2.05, 4.69) is 23.9 Å². The molecule has 1 N–H and O–H groups in total. The summed E-state index contributed by atoms with van der Waals surface area (Å²) in [6.45, 7) is 3.20. The van der Waals surface area contributed by atoms with Crippen LogP contribution in [0.2, 0.25) is 0 Å². The van der Waals surface area contributed by atoms with E-state index in [9.17, 15) is 5.11 Å². The third kappa shape index (κ3) is 3.96. The average molecular weight is 290 g/mol. The Kier molecular flexibility index (Phi) is 4.48. The minimum atomic E-state index is -0.404. The molecule has 1 saturated heterocycles. The van der Waals surface area contributed by atoms with Crippen molar-refractivity contribution in [3.05, 3.63) is 29.8 Å². The van der Waals surface area contributed by atoms with Crippen LogP contribution in [0.1, 0.15) is 30.9 Å². The molecule has 2 atom stereocenters. The van der Waals surface area contributed by atoms with Gasteiger partial charge in [-0.2, -0.15) is 0 Å². The summed E-state index contributed by atoms with van der Waals surface area (Å²) in [4.78, 5) is 4.69. The van der Waals surface area contributed by atoms with Gasteiger partial charge in [0.15, 0.2) is 0 Å². The molecule has 4 nitrogen and oxygen atoms in total. The number of piperazine rings is 1. The van der Waals surface area contributed by atoms with Gasteiger partial charge in [0, 0.05) is 25.7 Å². The van der Waals surface area contributed by atoms with Crippen LogP contribution in [0, 0.1) is 0 Å². The molecule has 1 aliphatic carbocycles. The van der Waals surface area contributed by atoms with Crippen LogP contribution in [-0.2, 0) is 0 Å².